The Kier molecular flexibility index (Phi) is 12.0. The molecule has 7 nitrogen and oxygen atoms in total. The number of hydrogen-bond acceptors (Lipinski definition) is 4. The van der Waals surface area contributed by atoms with Gasteiger partial charge in [0.25, 0.3) is 0 Å². The fourth-order valence-electron chi connectivity index (χ4n) is 2.05. The fourth-order valence-corrected chi connectivity index (χ4v) is 2.05. The minimum absolute atomic E-state index is 0.233. The Morgan fingerprint density at radius 1 is 1.24 bits per heavy atom. The summed E-state index contributed by atoms with van der Waals surface area (Å²) < 4.78 is 10.7. The lowest BCUT2D eigenvalue weighted by molar-refractivity contribution is 0.0279. The average molecular weight is 359 g/mol. The van der Waals surface area contributed by atoms with Gasteiger partial charge >= 0.3 is 6.09 Å². The maximum atomic E-state index is 12.0. The highest BCUT2D eigenvalue weighted by Crippen LogP contribution is 2.10. The Morgan fingerprint density at radius 2 is 1.92 bits per heavy atom. The number of aliphatic imine (C=N–C) groups is 1. The molecule has 2 N–H and O–H groups in total. The van der Waals surface area contributed by atoms with E-state index in [-0.39, 0.29) is 12.0 Å². The number of ether oxygens (including phenoxy) is 2. The first-order valence-electron chi connectivity index (χ1n) is 9.23. The summed E-state index contributed by atoms with van der Waals surface area (Å²) in [4.78, 5) is 18.2. The lowest BCUT2D eigenvalue weighted by atomic mass is 10.2. The van der Waals surface area contributed by atoms with Crippen molar-refractivity contribution in [2.45, 2.75) is 53.6 Å². The second kappa shape index (κ2) is 12.8. The van der Waals surface area contributed by atoms with Crippen molar-refractivity contribution >= 4 is 12.1 Å². The number of rotatable bonds is 10. The number of guanidine groups is 1. The van der Waals surface area contributed by atoms with Gasteiger partial charge in [-0.25, -0.2) is 4.79 Å². The van der Waals surface area contributed by atoms with Gasteiger partial charge in [-0.2, -0.15) is 0 Å². The summed E-state index contributed by atoms with van der Waals surface area (Å²) in [6, 6.07) is 0. The van der Waals surface area contributed by atoms with Crippen LogP contribution >= 0.6 is 0 Å². The smallest absolute Gasteiger partial charge is 0.410 e. The summed E-state index contributed by atoms with van der Waals surface area (Å²) in [5.74, 6) is 1.03. The summed E-state index contributed by atoms with van der Waals surface area (Å²) in [6.07, 6.45) is 0.638. The van der Waals surface area contributed by atoms with Crippen LogP contribution in [0.4, 0.5) is 4.79 Å². The van der Waals surface area contributed by atoms with Gasteiger partial charge in [0.2, 0.25) is 0 Å². The second-order valence-corrected chi connectivity index (χ2v) is 7.16. The summed E-state index contributed by atoms with van der Waals surface area (Å²) in [6.45, 7) is 16.1. The van der Waals surface area contributed by atoms with Crippen LogP contribution in [-0.2, 0) is 9.47 Å². The molecule has 1 unspecified atom stereocenters. The lowest BCUT2D eigenvalue weighted by Crippen LogP contribution is -2.39. The van der Waals surface area contributed by atoms with Crippen LogP contribution in [0, 0.1) is 5.92 Å². The van der Waals surface area contributed by atoms with Gasteiger partial charge in [0, 0.05) is 46.4 Å². The van der Waals surface area contributed by atoms with Gasteiger partial charge < -0.3 is 25.0 Å². The molecule has 0 aromatic carbocycles. The number of nitrogens with one attached hydrogen (secondary N) is 2. The quantitative estimate of drug-likeness (QED) is 0.356. The molecule has 0 aliphatic heterocycles. The maximum Gasteiger partial charge on any atom is 0.410 e. The molecule has 0 saturated heterocycles. The van der Waals surface area contributed by atoms with E-state index in [0.717, 1.165) is 38.7 Å². The predicted octanol–water partition coefficient (Wildman–Crippen LogP) is 2.47. The van der Waals surface area contributed by atoms with Crippen molar-refractivity contribution in [1.82, 2.24) is 15.5 Å². The molecule has 0 aliphatic carbocycles. The Balaban J connectivity index is 4.30. The third-order valence-corrected chi connectivity index (χ3v) is 3.16. The molecule has 0 aliphatic rings. The molecule has 0 heterocycles. The van der Waals surface area contributed by atoms with Gasteiger partial charge in [-0.3, -0.25) is 4.99 Å². The van der Waals surface area contributed by atoms with Gasteiger partial charge in [-0.15, -0.1) is 0 Å². The molecule has 1 atom stereocenters. The number of amides is 1. The van der Waals surface area contributed by atoms with Crippen LogP contribution in [0.1, 0.15) is 48.0 Å². The van der Waals surface area contributed by atoms with E-state index in [4.69, 9.17) is 9.47 Å². The molecule has 0 aromatic rings. The lowest BCUT2D eigenvalue weighted by Gasteiger charge is -2.26. The third-order valence-electron chi connectivity index (χ3n) is 3.16. The molecule has 7 heteroatoms. The number of hydrogen-bond donors (Lipinski definition) is 2. The van der Waals surface area contributed by atoms with Crippen molar-refractivity contribution in [2.75, 3.05) is 46.4 Å². The summed E-state index contributed by atoms with van der Waals surface area (Å²) in [7, 11) is 1.76. The van der Waals surface area contributed by atoms with Crippen molar-refractivity contribution in [2.24, 2.45) is 10.9 Å². The first-order valence-corrected chi connectivity index (χ1v) is 9.23. The number of carbonyl (C=O) groups excluding carboxylic acids is 1. The highest BCUT2D eigenvalue weighted by atomic mass is 16.6. The molecule has 0 aromatic heterocycles. The van der Waals surface area contributed by atoms with Gasteiger partial charge in [0.05, 0.1) is 0 Å². The Labute approximate surface area is 153 Å². The van der Waals surface area contributed by atoms with E-state index < -0.39 is 5.60 Å². The Hall–Kier alpha value is -1.50. The van der Waals surface area contributed by atoms with Crippen LogP contribution in [0.15, 0.2) is 4.99 Å². The van der Waals surface area contributed by atoms with E-state index in [1.807, 2.05) is 34.6 Å². The van der Waals surface area contributed by atoms with Gasteiger partial charge in [-0.1, -0.05) is 6.92 Å². The topological polar surface area (TPSA) is 75.2 Å². The van der Waals surface area contributed by atoms with E-state index in [1.165, 1.54) is 0 Å². The van der Waals surface area contributed by atoms with Crippen LogP contribution in [0.25, 0.3) is 0 Å². The standard InChI is InChI=1S/C18H38N4O3/c1-8-19-16(20-11-10-12-24-9-2)21-13-15(3)14-22(7)17(23)25-18(4,5)6/h15H,8-14H2,1-7H3,(H2,19,20,21). The molecule has 1 amide bonds. The van der Waals surface area contributed by atoms with Crippen molar-refractivity contribution in [3.8, 4) is 0 Å². The predicted molar refractivity (Wildman–Crippen MR) is 103 cm³/mol. The van der Waals surface area contributed by atoms with E-state index in [2.05, 4.69) is 22.5 Å². The zero-order valence-electron chi connectivity index (χ0n) is 17.1. The monoisotopic (exact) mass is 358 g/mol. The molecular weight excluding hydrogens is 320 g/mol. The normalized spacial score (nSPS) is 13.3. The number of nitrogens with zero attached hydrogens (tertiary/aromatic N) is 2. The van der Waals surface area contributed by atoms with Crippen molar-refractivity contribution in [3.63, 3.8) is 0 Å². The molecule has 0 fully saturated rings. The summed E-state index contributed by atoms with van der Waals surface area (Å²) in [5, 5.41) is 6.52. The average Bonchev–Trinajstić information content (AvgIpc) is 2.50. The first kappa shape index (κ1) is 23.5. The second-order valence-electron chi connectivity index (χ2n) is 7.16. The zero-order chi connectivity index (χ0) is 19.3. The fraction of sp³-hybridized carbons (Fsp3) is 0.889. The van der Waals surface area contributed by atoms with Crippen molar-refractivity contribution < 1.29 is 14.3 Å². The third kappa shape index (κ3) is 13.5. The van der Waals surface area contributed by atoms with Gasteiger partial charge in [0.1, 0.15) is 5.60 Å². The minimum atomic E-state index is -0.476. The summed E-state index contributed by atoms with van der Waals surface area (Å²) >= 11 is 0. The van der Waals surface area contributed by atoms with Crippen molar-refractivity contribution in [1.29, 1.82) is 0 Å². The zero-order valence-corrected chi connectivity index (χ0v) is 17.1. The molecule has 0 bridgehead atoms. The first-order chi connectivity index (χ1) is 11.7. The van der Waals surface area contributed by atoms with Gasteiger partial charge in [0.15, 0.2) is 5.96 Å². The summed E-state index contributed by atoms with van der Waals surface area (Å²) in [5.41, 5.74) is -0.476. The van der Waals surface area contributed by atoms with Crippen LogP contribution in [0.5, 0.6) is 0 Å². The maximum absolute atomic E-state index is 12.0. The SMILES string of the molecule is CCNC(=NCC(C)CN(C)C(=O)OC(C)(C)C)NCCCOCC. The van der Waals surface area contributed by atoms with Crippen LogP contribution in [-0.4, -0.2) is 69.0 Å². The van der Waals surface area contributed by atoms with E-state index in [1.54, 1.807) is 11.9 Å². The molecule has 0 spiro atoms. The molecule has 148 valence electrons. The Morgan fingerprint density at radius 3 is 2.48 bits per heavy atom. The van der Waals surface area contributed by atoms with E-state index in [9.17, 15) is 4.79 Å². The minimum Gasteiger partial charge on any atom is -0.444 e. The van der Waals surface area contributed by atoms with E-state index >= 15 is 0 Å². The molecule has 0 rings (SSSR count). The molecule has 25 heavy (non-hydrogen) atoms. The van der Waals surface area contributed by atoms with Crippen molar-refractivity contribution in [3.05, 3.63) is 0 Å². The van der Waals surface area contributed by atoms with Crippen LogP contribution < -0.4 is 10.6 Å². The van der Waals surface area contributed by atoms with E-state index in [0.29, 0.717) is 13.1 Å². The highest BCUT2D eigenvalue weighted by Gasteiger charge is 2.20. The largest absolute Gasteiger partial charge is 0.444 e. The highest BCUT2D eigenvalue weighted by molar-refractivity contribution is 5.79. The number of carbonyl (C=O) groups is 1. The van der Waals surface area contributed by atoms with Crippen LogP contribution in [0.2, 0.25) is 0 Å². The molecule has 0 radical (unpaired) electrons. The van der Waals surface area contributed by atoms with Crippen LogP contribution in [0.3, 0.4) is 0 Å². The molecule has 0 saturated carbocycles. The van der Waals surface area contributed by atoms with Gasteiger partial charge in [-0.05, 0) is 47.0 Å². The Bertz CT molecular complexity index is 394. The molecular formula is C18H38N4O3.